The van der Waals surface area contributed by atoms with Gasteiger partial charge in [-0.25, -0.2) is 0 Å². The predicted octanol–water partition coefficient (Wildman–Crippen LogP) is 5.94. The maximum absolute atomic E-state index is 13.6. The van der Waals surface area contributed by atoms with Crippen LogP contribution in [0.15, 0.2) is 35.5 Å². The third-order valence-electron chi connectivity index (χ3n) is 11.0. The number of allylic oxidation sites excluding steroid dienone is 2. The van der Waals surface area contributed by atoms with Crippen LogP contribution in [0.3, 0.4) is 0 Å². The summed E-state index contributed by atoms with van der Waals surface area (Å²) in [6.45, 7) is 17.3. The van der Waals surface area contributed by atoms with Crippen LogP contribution in [0.2, 0.25) is 0 Å². The summed E-state index contributed by atoms with van der Waals surface area (Å²) in [5, 5.41) is 43.0. The van der Waals surface area contributed by atoms with Crippen LogP contribution in [-0.2, 0) is 28.5 Å². The van der Waals surface area contributed by atoms with Gasteiger partial charge in [0, 0.05) is 25.2 Å². The molecule has 0 spiro atoms. The molecule has 0 amide bonds. The number of ether oxygens (including phenoxy) is 4. The molecular weight excluding hydrogens is 640 g/mol. The van der Waals surface area contributed by atoms with Crippen molar-refractivity contribution in [2.45, 2.75) is 175 Å². The van der Waals surface area contributed by atoms with Crippen molar-refractivity contribution in [3.63, 3.8) is 0 Å². The van der Waals surface area contributed by atoms with Crippen LogP contribution >= 0.6 is 0 Å². The predicted molar refractivity (Wildman–Crippen MR) is 192 cm³/mol. The van der Waals surface area contributed by atoms with Gasteiger partial charge in [0.1, 0.15) is 24.1 Å². The van der Waals surface area contributed by atoms with Crippen LogP contribution in [-0.4, -0.2) is 87.0 Å². The maximum Gasteiger partial charge on any atom is 0.311 e. The van der Waals surface area contributed by atoms with E-state index in [9.17, 15) is 30.0 Å². The highest BCUT2D eigenvalue weighted by atomic mass is 16.7. The van der Waals surface area contributed by atoms with Gasteiger partial charge in [-0.3, -0.25) is 9.59 Å². The Kier molecular flexibility index (Phi) is 16.4. The molecule has 0 saturated carbocycles. The molecule has 3 rings (SSSR count). The van der Waals surface area contributed by atoms with Crippen LogP contribution in [0.1, 0.15) is 120 Å². The first-order valence-electron chi connectivity index (χ1n) is 18.9. The van der Waals surface area contributed by atoms with E-state index in [0.29, 0.717) is 25.7 Å². The Labute approximate surface area is 300 Å². The maximum atomic E-state index is 13.6. The minimum atomic E-state index is -1.71. The highest BCUT2D eigenvalue weighted by molar-refractivity contribution is 5.80. The van der Waals surface area contributed by atoms with Crippen molar-refractivity contribution in [2.75, 3.05) is 0 Å². The zero-order chi connectivity index (χ0) is 37.3. The lowest BCUT2D eigenvalue weighted by Crippen LogP contribution is -2.48. The van der Waals surface area contributed by atoms with Crippen molar-refractivity contribution in [2.24, 2.45) is 29.6 Å². The van der Waals surface area contributed by atoms with Gasteiger partial charge in [-0.05, 0) is 87.7 Å². The number of fused-ring (bicyclic) bond motifs is 2. The Morgan fingerprint density at radius 2 is 1.74 bits per heavy atom. The zero-order valence-electron chi connectivity index (χ0n) is 31.9. The second kappa shape index (κ2) is 19.2. The van der Waals surface area contributed by atoms with Crippen molar-refractivity contribution >= 4 is 11.8 Å². The second-order valence-electron chi connectivity index (χ2n) is 15.7. The first-order chi connectivity index (χ1) is 23.4. The Morgan fingerprint density at radius 3 is 2.40 bits per heavy atom. The molecule has 1 fully saturated rings. The van der Waals surface area contributed by atoms with E-state index in [-0.39, 0.29) is 54.8 Å². The molecule has 2 unspecified atom stereocenters. The molecule has 286 valence electrons. The molecule has 1 saturated heterocycles. The highest BCUT2D eigenvalue weighted by Crippen LogP contribution is 2.35. The number of esters is 1. The number of aliphatic hydroxyl groups excluding tert-OH is 3. The average Bonchev–Trinajstić information content (AvgIpc) is 3.05. The molecule has 0 aromatic rings. The molecule has 0 aromatic heterocycles. The summed E-state index contributed by atoms with van der Waals surface area (Å²) < 4.78 is 24.7. The van der Waals surface area contributed by atoms with Crippen molar-refractivity contribution in [1.82, 2.24) is 0 Å². The zero-order valence-corrected chi connectivity index (χ0v) is 31.9. The third-order valence-corrected chi connectivity index (χ3v) is 11.0. The van der Waals surface area contributed by atoms with Gasteiger partial charge in [0.05, 0.1) is 30.8 Å². The number of aliphatic hydroxyl groups is 4. The van der Waals surface area contributed by atoms with Gasteiger partial charge in [0.2, 0.25) is 0 Å². The third kappa shape index (κ3) is 12.1. The van der Waals surface area contributed by atoms with Crippen molar-refractivity contribution < 1.29 is 49.0 Å². The Bertz CT molecular complexity index is 1180. The van der Waals surface area contributed by atoms with Gasteiger partial charge in [-0.15, -0.1) is 0 Å². The van der Waals surface area contributed by atoms with E-state index < -0.39 is 60.6 Å². The summed E-state index contributed by atoms with van der Waals surface area (Å²) in [5.74, 6) is -3.05. The van der Waals surface area contributed by atoms with Crippen LogP contribution in [0.5, 0.6) is 0 Å². The van der Waals surface area contributed by atoms with Crippen molar-refractivity contribution in [1.29, 1.82) is 0 Å². The fraction of sp³-hybridized carbons (Fsp3) is 0.800. The van der Waals surface area contributed by atoms with Gasteiger partial charge < -0.3 is 39.4 Å². The van der Waals surface area contributed by atoms with Crippen LogP contribution in [0.25, 0.3) is 0 Å². The SMILES string of the molecule is CCC(=O)[C@@H](C)[C@@H](O)[C@H](C)C[C@@H](C)C1OC(=O)C[C@@]2(O)CC=C(C)C(O2)/C(C)=C\CCC[C@@H](O[C@H]2C[C@@H](O)[C@H](O)[C@@H](C)O2)/C=C/[C@@H](C)C[C@@H]1C. The molecule has 50 heavy (non-hydrogen) atoms. The molecule has 2 bridgehead atoms. The summed E-state index contributed by atoms with van der Waals surface area (Å²) >= 11 is 0. The summed E-state index contributed by atoms with van der Waals surface area (Å²) in [7, 11) is 0. The van der Waals surface area contributed by atoms with Gasteiger partial charge in [-0.2, -0.15) is 0 Å². The molecule has 3 heterocycles. The summed E-state index contributed by atoms with van der Waals surface area (Å²) in [6.07, 6.45) is 6.93. The van der Waals surface area contributed by atoms with Gasteiger partial charge >= 0.3 is 5.97 Å². The number of carbonyl (C=O) groups excluding carboxylic acids is 2. The molecule has 10 nitrogen and oxygen atoms in total. The largest absolute Gasteiger partial charge is 0.462 e. The molecule has 10 heteroatoms. The number of rotatable bonds is 9. The van der Waals surface area contributed by atoms with E-state index in [1.807, 2.05) is 33.8 Å². The summed E-state index contributed by atoms with van der Waals surface area (Å²) in [4.78, 5) is 25.9. The second-order valence-corrected chi connectivity index (χ2v) is 15.7. The molecule has 0 aliphatic carbocycles. The minimum Gasteiger partial charge on any atom is -0.462 e. The molecule has 0 radical (unpaired) electrons. The molecule has 3 aliphatic rings. The van der Waals surface area contributed by atoms with Crippen molar-refractivity contribution in [3.05, 3.63) is 35.5 Å². The summed E-state index contributed by atoms with van der Waals surface area (Å²) in [5.41, 5.74) is 1.91. The number of Topliss-reactive ketones (excluding diaryl/α,β-unsaturated/α-hetero) is 1. The monoisotopic (exact) mass is 706 g/mol. The van der Waals surface area contributed by atoms with Crippen LogP contribution < -0.4 is 0 Å². The molecule has 14 atom stereocenters. The standard InChI is InChI=1S/C40H66O10/c1-10-32(41)29(8)36(44)26(5)20-28(7)38-27(6)19-23(2)15-16-31(48-35-21-33(42)37(45)30(9)47-35)14-12-11-13-24(3)39-25(4)17-18-40(46,50-39)22-34(43)49-38/h13,15-17,23,26-31,33,35-39,42,44-46H,10-12,14,18-22H2,1-9H3/b16-15+,24-13-/t23-,26-,27+,28-,29-,30-,31-,33-,35+,36+,37-,38?,39?,40-/m1/s1. The topological polar surface area (TPSA) is 152 Å². The van der Waals surface area contributed by atoms with Crippen molar-refractivity contribution in [3.8, 4) is 0 Å². The minimum absolute atomic E-state index is 0.0163. The van der Waals surface area contributed by atoms with Crippen LogP contribution in [0, 0.1) is 29.6 Å². The van der Waals surface area contributed by atoms with E-state index in [0.717, 1.165) is 24.0 Å². The highest BCUT2D eigenvalue weighted by Gasteiger charge is 2.40. The Balaban J connectivity index is 1.88. The summed E-state index contributed by atoms with van der Waals surface area (Å²) in [6, 6.07) is 0. The lowest BCUT2D eigenvalue weighted by atomic mass is 9.79. The number of cyclic esters (lactones) is 1. The molecule has 0 aromatic carbocycles. The lowest BCUT2D eigenvalue weighted by Gasteiger charge is -2.38. The number of hydrogen-bond acceptors (Lipinski definition) is 10. The molecule has 4 N–H and O–H groups in total. The smallest absolute Gasteiger partial charge is 0.311 e. The van der Waals surface area contributed by atoms with E-state index >= 15 is 0 Å². The molecule has 3 aliphatic heterocycles. The fourth-order valence-electron chi connectivity index (χ4n) is 7.82. The van der Waals surface area contributed by atoms with E-state index in [2.05, 4.69) is 32.1 Å². The first kappa shape index (κ1) is 42.5. The lowest BCUT2D eigenvalue weighted by molar-refractivity contribution is -0.254. The van der Waals surface area contributed by atoms with Gasteiger partial charge in [0.25, 0.3) is 0 Å². The van der Waals surface area contributed by atoms with Crippen LogP contribution in [0.4, 0.5) is 0 Å². The average molecular weight is 707 g/mol. The van der Waals surface area contributed by atoms with E-state index in [4.69, 9.17) is 18.9 Å². The van der Waals surface area contributed by atoms with E-state index in [1.54, 1.807) is 20.8 Å². The van der Waals surface area contributed by atoms with E-state index in [1.165, 1.54) is 0 Å². The Hall–Kier alpha value is -1.92. The Morgan fingerprint density at radius 1 is 1.06 bits per heavy atom. The number of carbonyl (C=O) groups is 2. The molecular formula is C40H66O10. The normalized spacial score (nSPS) is 39.3. The van der Waals surface area contributed by atoms with Gasteiger partial charge in [0.15, 0.2) is 12.1 Å². The fourth-order valence-corrected chi connectivity index (χ4v) is 7.82. The van der Waals surface area contributed by atoms with Gasteiger partial charge in [-0.1, -0.05) is 65.8 Å². The quantitative estimate of drug-likeness (QED) is 0.167. The first-order valence-corrected chi connectivity index (χ1v) is 18.9. The number of hydrogen-bond donors (Lipinski definition) is 4. The number of ketones is 1.